The Kier molecular flexibility index (Phi) is 7.02. The van der Waals surface area contributed by atoms with Crippen molar-refractivity contribution in [3.05, 3.63) is 0 Å². The quantitative estimate of drug-likeness (QED) is 0.708. The smallest absolute Gasteiger partial charge is 0.408 e. The molecule has 0 aromatic rings. The SMILES string of the molecule is CC(C)C[C@H](NC(=O)OC(C)(C)C)C(=O)OCC(N)=O. The highest BCUT2D eigenvalue weighted by Crippen LogP contribution is 2.10. The maximum Gasteiger partial charge on any atom is 0.408 e. The molecule has 0 aromatic heterocycles. The van der Waals surface area contributed by atoms with Gasteiger partial charge in [0, 0.05) is 0 Å². The van der Waals surface area contributed by atoms with E-state index in [1.807, 2.05) is 13.8 Å². The van der Waals surface area contributed by atoms with Crippen molar-refractivity contribution in [3.63, 3.8) is 0 Å². The van der Waals surface area contributed by atoms with Gasteiger partial charge < -0.3 is 20.5 Å². The molecule has 116 valence electrons. The van der Waals surface area contributed by atoms with Gasteiger partial charge in [-0.25, -0.2) is 9.59 Å². The lowest BCUT2D eigenvalue weighted by Crippen LogP contribution is -2.45. The highest BCUT2D eigenvalue weighted by molar-refractivity contribution is 5.84. The Balaban J connectivity index is 4.59. The number of nitrogens with one attached hydrogen (secondary N) is 1. The van der Waals surface area contributed by atoms with E-state index in [-0.39, 0.29) is 5.92 Å². The van der Waals surface area contributed by atoms with Gasteiger partial charge in [0.1, 0.15) is 11.6 Å². The Morgan fingerprint density at radius 2 is 1.75 bits per heavy atom. The third kappa shape index (κ3) is 9.18. The normalized spacial score (nSPS) is 12.7. The van der Waals surface area contributed by atoms with Crippen LogP contribution < -0.4 is 11.1 Å². The first-order valence-corrected chi connectivity index (χ1v) is 6.45. The van der Waals surface area contributed by atoms with Crippen LogP contribution >= 0.6 is 0 Å². The molecule has 3 N–H and O–H groups in total. The summed E-state index contributed by atoms with van der Waals surface area (Å²) in [7, 11) is 0. The van der Waals surface area contributed by atoms with Gasteiger partial charge in [-0.05, 0) is 33.1 Å². The predicted molar refractivity (Wildman–Crippen MR) is 72.8 cm³/mol. The number of nitrogens with two attached hydrogens (primary N) is 1. The molecular formula is C13H24N2O5. The molecule has 0 unspecified atom stereocenters. The van der Waals surface area contributed by atoms with E-state index in [0.29, 0.717) is 6.42 Å². The molecule has 0 saturated heterocycles. The lowest BCUT2D eigenvalue weighted by Gasteiger charge is -2.23. The third-order valence-electron chi connectivity index (χ3n) is 2.04. The Morgan fingerprint density at radius 3 is 2.15 bits per heavy atom. The highest BCUT2D eigenvalue weighted by atomic mass is 16.6. The van der Waals surface area contributed by atoms with Gasteiger partial charge in [-0.2, -0.15) is 0 Å². The minimum absolute atomic E-state index is 0.149. The molecular weight excluding hydrogens is 264 g/mol. The van der Waals surface area contributed by atoms with E-state index in [9.17, 15) is 14.4 Å². The standard InChI is InChI=1S/C13H24N2O5/c1-8(2)6-9(11(17)19-7-10(14)16)15-12(18)20-13(3,4)5/h8-9H,6-7H2,1-5H3,(H2,14,16)(H,15,18)/t9-/m0/s1. The lowest BCUT2D eigenvalue weighted by molar-refractivity contribution is -0.150. The Bertz CT molecular complexity index is 360. The average Bonchev–Trinajstić information content (AvgIpc) is 2.21. The van der Waals surface area contributed by atoms with E-state index in [1.54, 1.807) is 20.8 Å². The molecule has 0 bridgehead atoms. The summed E-state index contributed by atoms with van der Waals surface area (Å²) >= 11 is 0. The van der Waals surface area contributed by atoms with Crippen molar-refractivity contribution in [2.75, 3.05) is 6.61 Å². The molecule has 20 heavy (non-hydrogen) atoms. The van der Waals surface area contributed by atoms with E-state index < -0.39 is 36.2 Å². The molecule has 0 aliphatic carbocycles. The lowest BCUT2D eigenvalue weighted by atomic mass is 10.0. The molecule has 0 heterocycles. The van der Waals surface area contributed by atoms with Crippen LogP contribution in [0.15, 0.2) is 0 Å². The number of rotatable bonds is 6. The first-order chi connectivity index (χ1) is 9.01. The maximum atomic E-state index is 11.8. The summed E-state index contributed by atoms with van der Waals surface area (Å²) in [5.41, 5.74) is 4.24. The van der Waals surface area contributed by atoms with E-state index in [1.165, 1.54) is 0 Å². The number of amides is 2. The van der Waals surface area contributed by atoms with Gasteiger partial charge in [0.05, 0.1) is 0 Å². The first kappa shape index (κ1) is 18.2. The van der Waals surface area contributed by atoms with Crippen LogP contribution in [0.3, 0.4) is 0 Å². The van der Waals surface area contributed by atoms with Crippen LogP contribution in [0.5, 0.6) is 0 Å². The molecule has 7 nitrogen and oxygen atoms in total. The van der Waals surface area contributed by atoms with Gasteiger partial charge >= 0.3 is 12.1 Å². The number of alkyl carbamates (subject to hydrolysis) is 1. The molecule has 0 aromatic carbocycles. The number of carbonyl (C=O) groups excluding carboxylic acids is 3. The van der Waals surface area contributed by atoms with Crippen LogP contribution in [0.4, 0.5) is 4.79 Å². The van der Waals surface area contributed by atoms with E-state index in [4.69, 9.17) is 15.2 Å². The zero-order chi connectivity index (χ0) is 15.9. The molecule has 0 saturated carbocycles. The second-order valence-corrected chi connectivity index (χ2v) is 5.90. The zero-order valence-corrected chi connectivity index (χ0v) is 12.7. The molecule has 2 amide bonds. The van der Waals surface area contributed by atoms with Crippen LogP contribution in [0.1, 0.15) is 41.0 Å². The van der Waals surface area contributed by atoms with Crippen molar-refractivity contribution < 1.29 is 23.9 Å². The van der Waals surface area contributed by atoms with Crippen LogP contribution in [-0.4, -0.2) is 36.2 Å². The summed E-state index contributed by atoms with van der Waals surface area (Å²) in [6.07, 6.45) is -0.337. The van der Waals surface area contributed by atoms with Crippen molar-refractivity contribution in [2.45, 2.75) is 52.7 Å². The van der Waals surface area contributed by atoms with Crippen molar-refractivity contribution in [3.8, 4) is 0 Å². The highest BCUT2D eigenvalue weighted by Gasteiger charge is 2.26. The van der Waals surface area contributed by atoms with Crippen LogP contribution in [0.25, 0.3) is 0 Å². The van der Waals surface area contributed by atoms with Gasteiger partial charge in [-0.3, -0.25) is 4.79 Å². The number of carbonyl (C=O) groups is 3. The second kappa shape index (κ2) is 7.72. The van der Waals surface area contributed by atoms with Crippen molar-refractivity contribution in [1.82, 2.24) is 5.32 Å². The van der Waals surface area contributed by atoms with Gasteiger partial charge in [-0.1, -0.05) is 13.8 Å². The summed E-state index contributed by atoms with van der Waals surface area (Å²) in [5, 5.41) is 2.44. The molecule has 0 spiro atoms. The van der Waals surface area contributed by atoms with Gasteiger partial charge in [0.15, 0.2) is 6.61 Å². The molecule has 0 aliphatic heterocycles. The largest absolute Gasteiger partial charge is 0.454 e. The molecule has 0 fully saturated rings. The molecule has 0 rings (SSSR count). The van der Waals surface area contributed by atoms with Gasteiger partial charge in [0.25, 0.3) is 5.91 Å². The number of hydrogen-bond donors (Lipinski definition) is 2. The summed E-state index contributed by atoms with van der Waals surface area (Å²) in [5.74, 6) is -1.31. The summed E-state index contributed by atoms with van der Waals surface area (Å²) < 4.78 is 9.79. The number of ether oxygens (including phenoxy) is 2. The summed E-state index contributed by atoms with van der Waals surface area (Å²) in [6, 6.07) is -0.871. The van der Waals surface area contributed by atoms with Crippen LogP contribution in [0, 0.1) is 5.92 Å². The fraction of sp³-hybridized carbons (Fsp3) is 0.769. The maximum absolute atomic E-state index is 11.8. The number of hydrogen-bond acceptors (Lipinski definition) is 5. The fourth-order valence-corrected chi connectivity index (χ4v) is 1.38. The minimum Gasteiger partial charge on any atom is -0.454 e. The average molecular weight is 288 g/mol. The molecule has 1 atom stereocenters. The van der Waals surface area contributed by atoms with Crippen molar-refractivity contribution in [2.24, 2.45) is 11.7 Å². The van der Waals surface area contributed by atoms with Crippen LogP contribution in [-0.2, 0) is 19.1 Å². The minimum atomic E-state index is -0.871. The first-order valence-electron chi connectivity index (χ1n) is 6.45. The summed E-state index contributed by atoms with van der Waals surface area (Å²) in [4.78, 5) is 34.0. The van der Waals surface area contributed by atoms with Gasteiger partial charge in [0.2, 0.25) is 0 Å². The van der Waals surface area contributed by atoms with E-state index >= 15 is 0 Å². The molecule has 0 aliphatic rings. The number of primary amides is 1. The Hall–Kier alpha value is -1.79. The Morgan fingerprint density at radius 1 is 1.20 bits per heavy atom. The monoisotopic (exact) mass is 288 g/mol. The van der Waals surface area contributed by atoms with E-state index in [0.717, 1.165) is 0 Å². The second-order valence-electron chi connectivity index (χ2n) is 5.90. The zero-order valence-electron chi connectivity index (χ0n) is 12.7. The predicted octanol–water partition coefficient (Wildman–Crippen LogP) is 0.954. The van der Waals surface area contributed by atoms with E-state index in [2.05, 4.69) is 5.32 Å². The van der Waals surface area contributed by atoms with Crippen molar-refractivity contribution in [1.29, 1.82) is 0 Å². The number of esters is 1. The molecule has 0 radical (unpaired) electrons. The summed E-state index contributed by atoms with van der Waals surface area (Å²) in [6.45, 7) is 8.43. The van der Waals surface area contributed by atoms with Gasteiger partial charge in [-0.15, -0.1) is 0 Å². The van der Waals surface area contributed by atoms with Crippen molar-refractivity contribution >= 4 is 18.0 Å². The fourth-order valence-electron chi connectivity index (χ4n) is 1.38. The third-order valence-corrected chi connectivity index (χ3v) is 2.04. The molecule has 7 heteroatoms. The van der Waals surface area contributed by atoms with Crippen LogP contribution in [0.2, 0.25) is 0 Å². The Labute approximate surface area is 119 Å². The topological polar surface area (TPSA) is 108 Å².